The van der Waals surface area contributed by atoms with Crippen molar-refractivity contribution in [1.82, 2.24) is 5.32 Å². The van der Waals surface area contributed by atoms with Gasteiger partial charge in [0.15, 0.2) is 9.84 Å². The highest BCUT2D eigenvalue weighted by atomic mass is 32.2. The molecule has 0 heterocycles. The van der Waals surface area contributed by atoms with Gasteiger partial charge in [0, 0.05) is 13.0 Å². The average Bonchev–Trinajstić information content (AvgIpc) is 2.24. The molecule has 0 aromatic heterocycles. The van der Waals surface area contributed by atoms with Gasteiger partial charge in [0.25, 0.3) is 0 Å². The van der Waals surface area contributed by atoms with Crippen LogP contribution in [-0.4, -0.2) is 54.7 Å². The maximum absolute atomic E-state index is 11.6. The molecule has 8 heteroatoms. The first-order valence-corrected chi connectivity index (χ1v) is 8.44. The predicted molar refractivity (Wildman–Crippen MR) is 78.8 cm³/mol. The summed E-state index contributed by atoms with van der Waals surface area (Å²) in [5.74, 6) is -2.75. The lowest BCUT2D eigenvalue weighted by atomic mass is 10.2. The second-order valence-corrected chi connectivity index (χ2v) is 8.62. The Bertz CT molecular complexity index is 464. The van der Waals surface area contributed by atoms with Crippen molar-refractivity contribution in [2.24, 2.45) is 0 Å². The van der Waals surface area contributed by atoms with Crippen LogP contribution in [0.3, 0.4) is 0 Å². The molecule has 1 amide bonds. The normalized spacial score (nSPS) is 14.0. The summed E-state index contributed by atoms with van der Waals surface area (Å²) in [6.07, 6.45) is 0.0695. The van der Waals surface area contributed by atoms with Gasteiger partial charge in [0.05, 0.1) is 10.9 Å². The highest BCUT2D eigenvalue weighted by Gasteiger charge is 2.25. The van der Waals surface area contributed by atoms with E-state index in [0.29, 0.717) is 0 Å². The first-order valence-electron chi connectivity index (χ1n) is 6.73. The summed E-state index contributed by atoms with van der Waals surface area (Å²) >= 11 is 0. The summed E-state index contributed by atoms with van der Waals surface area (Å²) in [6.45, 7) is 8.57. The number of ether oxygens (including phenoxy) is 1. The van der Waals surface area contributed by atoms with Crippen LogP contribution in [0.25, 0.3) is 0 Å². The van der Waals surface area contributed by atoms with Crippen molar-refractivity contribution < 1.29 is 27.9 Å². The largest absolute Gasteiger partial charge is 0.480 e. The van der Waals surface area contributed by atoms with Gasteiger partial charge in [-0.1, -0.05) is 0 Å². The van der Waals surface area contributed by atoms with Gasteiger partial charge in [-0.15, -0.1) is 0 Å². The van der Waals surface area contributed by atoms with E-state index >= 15 is 0 Å². The highest BCUT2D eigenvalue weighted by Crippen LogP contribution is 2.08. The first-order chi connectivity index (χ1) is 9.35. The molecule has 0 fully saturated rings. The molecule has 2 N–H and O–H groups in total. The molecule has 0 aliphatic rings. The van der Waals surface area contributed by atoms with Crippen molar-refractivity contribution >= 4 is 21.7 Å². The Hall–Kier alpha value is -1.15. The quantitative estimate of drug-likeness (QED) is 0.676. The standard InChI is InChI=1S/C13H25NO6S/c1-9(2)21(18,19)8-11(15)14-10(12(16)17)6-7-20-13(3,4)5/h9-10H,6-8H2,1-5H3,(H,14,15)(H,16,17). The van der Waals surface area contributed by atoms with Crippen LogP contribution in [-0.2, 0) is 24.2 Å². The lowest BCUT2D eigenvalue weighted by molar-refractivity contribution is -0.142. The molecule has 21 heavy (non-hydrogen) atoms. The number of carboxylic acid groups (broad SMARTS) is 1. The van der Waals surface area contributed by atoms with Crippen LogP contribution in [0.1, 0.15) is 41.0 Å². The number of sulfone groups is 1. The Labute approximate surface area is 126 Å². The molecule has 0 bridgehead atoms. The molecule has 0 aliphatic carbocycles. The molecular weight excluding hydrogens is 298 g/mol. The molecule has 0 spiro atoms. The topological polar surface area (TPSA) is 110 Å². The Morgan fingerprint density at radius 2 is 1.76 bits per heavy atom. The fraction of sp³-hybridized carbons (Fsp3) is 0.846. The zero-order valence-electron chi connectivity index (χ0n) is 13.2. The van der Waals surface area contributed by atoms with Crippen molar-refractivity contribution in [3.05, 3.63) is 0 Å². The van der Waals surface area contributed by atoms with Crippen LogP contribution in [0.15, 0.2) is 0 Å². The van der Waals surface area contributed by atoms with E-state index in [1.807, 2.05) is 20.8 Å². The molecule has 0 aromatic carbocycles. The maximum atomic E-state index is 11.6. The van der Waals surface area contributed by atoms with Gasteiger partial charge in [-0.3, -0.25) is 4.79 Å². The van der Waals surface area contributed by atoms with Crippen molar-refractivity contribution in [1.29, 1.82) is 0 Å². The molecular formula is C13H25NO6S. The molecule has 0 saturated carbocycles. The number of amides is 1. The van der Waals surface area contributed by atoms with Gasteiger partial charge < -0.3 is 15.2 Å². The van der Waals surface area contributed by atoms with Gasteiger partial charge in [-0.25, -0.2) is 13.2 Å². The monoisotopic (exact) mass is 323 g/mol. The van der Waals surface area contributed by atoms with E-state index in [0.717, 1.165) is 0 Å². The van der Waals surface area contributed by atoms with Crippen molar-refractivity contribution in [2.45, 2.75) is 57.9 Å². The first kappa shape index (κ1) is 19.9. The van der Waals surface area contributed by atoms with Gasteiger partial charge in [-0.05, 0) is 34.6 Å². The molecule has 0 aromatic rings. The number of carboxylic acids is 1. The van der Waals surface area contributed by atoms with Crippen LogP contribution < -0.4 is 5.32 Å². The SMILES string of the molecule is CC(C)S(=O)(=O)CC(=O)NC(CCOC(C)(C)C)C(=O)O. The molecule has 1 unspecified atom stereocenters. The Morgan fingerprint density at radius 3 is 2.14 bits per heavy atom. The van der Waals surface area contributed by atoms with E-state index in [2.05, 4.69) is 5.32 Å². The molecule has 7 nitrogen and oxygen atoms in total. The Morgan fingerprint density at radius 1 is 1.24 bits per heavy atom. The molecule has 0 rings (SSSR count). The third-order valence-electron chi connectivity index (χ3n) is 2.63. The number of hydrogen-bond acceptors (Lipinski definition) is 5. The zero-order valence-corrected chi connectivity index (χ0v) is 14.0. The fourth-order valence-electron chi connectivity index (χ4n) is 1.33. The zero-order chi connectivity index (χ0) is 16.8. The van der Waals surface area contributed by atoms with E-state index in [4.69, 9.17) is 9.84 Å². The minimum Gasteiger partial charge on any atom is -0.480 e. The number of carbonyl (C=O) groups is 2. The lowest BCUT2D eigenvalue weighted by Gasteiger charge is -2.21. The molecule has 0 radical (unpaired) electrons. The fourth-order valence-corrected chi connectivity index (χ4v) is 2.11. The van der Waals surface area contributed by atoms with Crippen LogP contribution in [0.5, 0.6) is 0 Å². The number of hydrogen-bond donors (Lipinski definition) is 2. The van der Waals surface area contributed by atoms with Crippen molar-refractivity contribution in [2.75, 3.05) is 12.4 Å². The predicted octanol–water partition coefficient (Wildman–Crippen LogP) is 0.584. The molecule has 1 atom stereocenters. The Kier molecular flexibility index (Phi) is 7.32. The van der Waals surface area contributed by atoms with Crippen molar-refractivity contribution in [3.63, 3.8) is 0 Å². The molecule has 124 valence electrons. The summed E-state index contributed by atoms with van der Waals surface area (Å²) in [7, 11) is -3.55. The number of carbonyl (C=O) groups excluding carboxylic acids is 1. The number of nitrogens with one attached hydrogen (secondary N) is 1. The summed E-state index contributed by atoms with van der Waals surface area (Å²) in [4.78, 5) is 22.7. The van der Waals surface area contributed by atoms with E-state index in [1.54, 1.807) is 0 Å². The Balaban J connectivity index is 4.52. The minimum absolute atomic E-state index is 0.0695. The molecule has 0 saturated heterocycles. The van der Waals surface area contributed by atoms with Gasteiger partial charge >= 0.3 is 5.97 Å². The van der Waals surface area contributed by atoms with E-state index in [1.165, 1.54) is 13.8 Å². The average molecular weight is 323 g/mol. The summed E-state index contributed by atoms with van der Waals surface area (Å²) in [6, 6.07) is -1.16. The summed E-state index contributed by atoms with van der Waals surface area (Å²) < 4.78 is 28.6. The second-order valence-electron chi connectivity index (χ2n) is 6.06. The van der Waals surface area contributed by atoms with E-state index in [-0.39, 0.29) is 13.0 Å². The third-order valence-corrected chi connectivity index (χ3v) is 4.73. The van der Waals surface area contributed by atoms with Crippen LogP contribution in [0.2, 0.25) is 0 Å². The highest BCUT2D eigenvalue weighted by molar-refractivity contribution is 7.92. The van der Waals surface area contributed by atoms with Gasteiger partial charge in [0.2, 0.25) is 5.91 Å². The second kappa shape index (κ2) is 7.74. The summed E-state index contributed by atoms with van der Waals surface area (Å²) in [5, 5.41) is 10.6. The number of aliphatic carboxylic acids is 1. The minimum atomic E-state index is -3.55. The van der Waals surface area contributed by atoms with E-state index in [9.17, 15) is 18.0 Å². The van der Waals surface area contributed by atoms with Crippen LogP contribution in [0.4, 0.5) is 0 Å². The van der Waals surface area contributed by atoms with Gasteiger partial charge in [-0.2, -0.15) is 0 Å². The lowest BCUT2D eigenvalue weighted by Crippen LogP contribution is -2.44. The summed E-state index contributed by atoms with van der Waals surface area (Å²) in [5.41, 5.74) is -0.409. The number of rotatable bonds is 8. The van der Waals surface area contributed by atoms with E-state index < -0.39 is 44.4 Å². The van der Waals surface area contributed by atoms with Crippen LogP contribution in [0, 0.1) is 0 Å². The smallest absolute Gasteiger partial charge is 0.326 e. The maximum Gasteiger partial charge on any atom is 0.326 e. The van der Waals surface area contributed by atoms with Crippen molar-refractivity contribution in [3.8, 4) is 0 Å². The van der Waals surface area contributed by atoms with Crippen LogP contribution >= 0.6 is 0 Å². The third kappa shape index (κ3) is 8.67. The van der Waals surface area contributed by atoms with Gasteiger partial charge in [0.1, 0.15) is 11.8 Å². The molecule has 0 aliphatic heterocycles.